The van der Waals surface area contributed by atoms with E-state index in [1.807, 2.05) is 6.92 Å². The number of hydrogen-bond donors (Lipinski definition) is 3. The van der Waals surface area contributed by atoms with E-state index in [-0.39, 0.29) is 11.9 Å². The van der Waals surface area contributed by atoms with Crippen molar-refractivity contribution in [1.82, 2.24) is 10.6 Å². The fourth-order valence-corrected chi connectivity index (χ4v) is 2.52. The lowest BCUT2D eigenvalue weighted by atomic mass is 9.95. The molecule has 1 aliphatic carbocycles. The maximum atomic E-state index is 12.0. The van der Waals surface area contributed by atoms with Gasteiger partial charge in [-0.3, -0.25) is 14.9 Å². The van der Waals surface area contributed by atoms with Gasteiger partial charge in [0.2, 0.25) is 5.91 Å². The normalized spacial score (nSPS) is 19.7. The highest BCUT2D eigenvalue weighted by Crippen LogP contribution is 2.17. The van der Waals surface area contributed by atoms with Crippen LogP contribution in [0.4, 0.5) is 0 Å². The third-order valence-corrected chi connectivity index (χ3v) is 3.67. The van der Waals surface area contributed by atoms with Crippen molar-refractivity contribution in [3.8, 4) is 0 Å². The van der Waals surface area contributed by atoms with Gasteiger partial charge in [0.25, 0.3) is 0 Å². The summed E-state index contributed by atoms with van der Waals surface area (Å²) in [4.78, 5) is 23.1. The maximum Gasteiger partial charge on any atom is 0.320 e. The van der Waals surface area contributed by atoms with Gasteiger partial charge in [-0.25, -0.2) is 0 Å². The van der Waals surface area contributed by atoms with Crippen LogP contribution in [0.2, 0.25) is 0 Å². The van der Waals surface area contributed by atoms with Gasteiger partial charge in [-0.2, -0.15) is 0 Å². The largest absolute Gasteiger partial charge is 0.480 e. The summed E-state index contributed by atoms with van der Waals surface area (Å²) < 4.78 is 0. The molecule has 110 valence electrons. The Morgan fingerprint density at radius 3 is 2.42 bits per heavy atom. The van der Waals surface area contributed by atoms with Crippen LogP contribution in [0.3, 0.4) is 0 Å². The maximum absolute atomic E-state index is 12.0. The van der Waals surface area contributed by atoms with Crippen molar-refractivity contribution >= 4 is 11.9 Å². The van der Waals surface area contributed by atoms with Gasteiger partial charge < -0.3 is 10.4 Å². The summed E-state index contributed by atoms with van der Waals surface area (Å²) in [5.41, 5.74) is 0. The lowest BCUT2D eigenvalue weighted by molar-refractivity contribution is -0.140. The quantitative estimate of drug-likeness (QED) is 0.657. The molecule has 0 saturated heterocycles. The lowest BCUT2D eigenvalue weighted by Gasteiger charge is -2.26. The third kappa shape index (κ3) is 5.59. The molecule has 2 atom stereocenters. The number of carboxylic acid groups (broad SMARTS) is 1. The molecule has 5 nitrogen and oxygen atoms in total. The van der Waals surface area contributed by atoms with Crippen LogP contribution in [0.1, 0.15) is 58.8 Å². The van der Waals surface area contributed by atoms with Gasteiger partial charge in [0.15, 0.2) is 0 Å². The van der Waals surface area contributed by atoms with Gasteiger partial charge in [0, 0.05) is 6.04 Å². The molecule has 19 heavy (non-hydrogen) atoms. The average Bonchev–Trinajstić information content (AvgIpc) is 2.39. The van der Waals surface area contributed by atoms with Crippen molar-refractivity contribution < 1.29 is 14.7 Å². The van der Waals surface area contributed by atoms with E-state index in [0.29, 0.717) is 6.42 Å². The Kier molecular flexibility index (Phi) is 6.84. The van der Waals surface area contributed by atoms with Gasteiger partial charge in [0.1, 0.15) is 6.04 Å². The molecule has 0 spiro atoms. The molecule has 5 heteroatoms. The van der Waals surface area contributed by atoms with Crippen LogP contribution in [0, 0.1) is 0 Å². The molecule has 1 rings (SSSR count). The number of carbonyl (C=O) groups is 2. The lowest BCUT2D eigenvalue weighted by Crippen LogP contribution is -2.51. The molecule has 1 amide bonds. The molecule has 0 radical (unpaired) electrons. The number of carbonyl (C=O) groups excluding carboxylic acids is 1. The van der Waals surface area contributed by atoms with Gasteiger partial charge in [-0.1, -0.05) is 32.6 Å². The zero-order valence-corrected chi connectivity index (χ0v) is 11.9. The predicted molar refractivity (Wildman–Crippen MR) is 73.9 cm³/mol. The van der Waals surface area contributed by atoms with Crippen molar-refractivity contribution in [2.45, 2.75) is 76.9 Å². The second-order valence-corrected chi connectivity index (χ2v) is 5.41. The van der Waals surface area contributed by atoms with Crippen molar-refractivity contribution in [2.24, 2.45) is 0 Å². The van der Waals surface area contributed by atoms with Crippen molar-refractivity contribution in [3.63, 3.8) is 0 Å². The zero-order chi connectivity index (χ0) is 14.3. The first kappa shape index (κ1) is 16.0. The minimum Gasteiger partial charge on any atom is -0.480 e. The summed E-state index contributed by atoms with van der Waals surface area (Å²) in [5, 5.41) is 15.0. The van der Waals surface area contributed by atoms with Crippen LogP contribution in [-0.2, 0) is 9.59 Å². The summed E-state index contributed by atoms with van der Waals surface area (Å²) in [6.45, 7) is 3.66. The van der Waals surface area contributed by atoms with Gasteiger partial charge in [-0.05, 0) is 26.2 Å². The average molecular weight is 270 g/mol. The minimum atomic E-state index is -0.890. The minimum absolute atomic E-state index is 0.0887. The Labute approximate surface area is 115 Å². The highest BCUT2D eigenvalue weighted by atomic mass is 16.4. The predicted octanol–water partition coefficient (Wildman–Crippen LogP) is 1.67. The van der Waals surface area contributed by atoms with E-state index >= 15 is 0 Å². The summed E-state index contributed by atoms with van der Waals surface area (Å²) in [7, 11) is 0. The number of hydrogen-bond acceptors (Lipinski definition) is 3. The molecule has 1 fully saturated rings. The van der Waals surface area contributed by atoms with Gasteiger partial charge in [-0.15, -0.1) is 0 Å². The number of rotatable bonds is 7. The van der Waals surface area contributed by atoms with E-state index in [4.69, 9.17) is 5.11 Å². The fraction of sp³-hybridized carbons (Fsp3) is 0.857. The van der Waals surface area contributed by atoms with Crippen LogP contribution >= 0.6 is 0 Å². The van der Waals surface area contributed by atoms with Crippen LogP contribution in [0.5, 0.6) is 0 Å². The molecule has 0 aromatic heterocycles. The molecule has 0 bridgehead atoms. The summed E-state index contributed by atoms with van der Waals surface area (Å²) in [5.74, 6) is -0.978. The highest BCUT2D eigenvalue weighted by Gasteiger charge is 2.24. The van der Waals surface area contributed by atoms with Gasteiger partial charge in [0.05, 0.1) is 6.04 Å². The first-order valence-corrected chi connectivity index (χ1v) is 7.33. The van der Waals surface area contributed by atoms with E-state index in [1.165, 1.54) is 19.3 Å². The van der Waals surface area contributed by atoms with Crippen LogP contribution in [0.15, 0.2) is 0 Å². The van der Waals surface area contributed by atoms with E-state index in [0.717, 1.165) is 19.3 Å². The molecule has 1 saturated carbocycles. The standard InChI is InChI=1S/C14H26N2O3/c1-3-7-12(14(18)19)15-10(2)13(17)16-11-8-5-4-6-9-11/h10-12,15H,3-9H2,1-2H3,(H,16,17)(H,18,19). The van der Waals surface area contributed by atoms with E-state index in [2.05, 4.69) is 10.6 Å². The Morgan fingerprint density at radius 2 is 1.89 bits per heavy atom. The smallest absolute Gasteiger partial charge is 0.320 e. The number of carboxylic acids is 1. The van der Waals surface area contributed by atoms with Gasteiger partial charge >= 0.3 is 5.97 Å². The van der Waals surface area contributed by atoms with E-state index in [9.17, 15) is 9.59 Å². The number of nitrogens with one attached hydrogen (secondary N) is 2. The monoisotopic (exact) mass is 270 g/mol. The molecule has 0 aliphatic heterocycles. The molecule has 1 aliphatic rings. The van der Waals surface area contributed by atoms with Crippen LogP contribution < -0.4 is 10.6 Å². The van der Waals surface area contributed by atoms with Crippen molar-refractivity contribution in [3.05, 3.63) is 0 Å². The second-order valence-electron chi connectivity index (χ2n) is 5.41. The molecule has 0 aromatic rings. The summed E-state index contributed by atoms with van der Waals surface area (Å²) in [6.07, 6.45) is 6.97. The Morgan fingerprint density at radius 1 is 1.26 bits per heavy atom. The summed E-state index contributed by atoms with van der Waals surface area (Å²) in [6, 6.07) is -0.841. The molecule has 0 aromatic carbocycles. The molecular formula is C14H26N2O3. The Balaban J connectivity index is 2.39. The van der Waals surface area contributed by atoms with Crippen molar-refractivity contribution in [1.29, 1.82) is 0 Å². The summed E-state index contributed by atoms with van der Waals surface area (Å²) >= 11 is 0. The Bertz CT molecular complexity index is 301. The molecule has 0 heterocycles. The first-order chi connectivity index (χ1) is 9.04. The van der Waals surface area contributed by atoms with Crippen molar-refractivity contribution in [2.75, 3.05) is 0 Å². The third-order valence-electron chi connectivity index (χ3n) is 3.67. The van der Waals surface area contributed by atoms with Crippen LogP contribution in [0.25, 0.3) is 0 Å². The molecule has 3 N–H and O–H groups in total. The highest BCUT2D eigenvalue weighted by molar-refractivity contribution is 5.83. The Hall–Kier alpha value is -1.10. The second kappa shape index (κ2) is 8.15. The number of amides is 1. The molecule has 2 unspecified atom stereocenters. The SMILES string of the molecule is CCCC(NC(C)C(=O)NC1CCCCC1)C(=O)O. The first-order valence-electron chi connectivity index (χ1n) is 7.33. The van der Waals surface area contributed by atoms with Crippen LogP contribution in [-0.4, -0.2) is 35.1 Å². The van der Waals surface area contributed by atoms with E-state index < -0.39 is 18.1 Å². The van der Waals surface area contributed by atoms with E-state index in [1.54, 1.807) is 6.92 Å². The molecular weight excluding hydrogens is 244 g/mol. The topological polar surface area (TPSA) is 78.4 Å². The zero-order valence-electron chi connectivity index (χ0n) is 11.9. The fourth-order valence-electron chi connectivity index (χ4n) is 2.52. The number of aliphatic carboxylic acids is 1.